The second-order valence-electron chi connectivity index (χ2n) is 6.24. The summed E-state index contributed by atoms with van der Waals surface area (Å²) in [5.41, 5.74) is 0.551. The molecule has 8 heteroatoms. The maximum absolute atomic E-state index is 13.1. The van der Waals surface area contributed by atoms with Crippen molar-refractivity contribution in [3.05, 3.63) is 39.5 Å². The highest BCUT2D eigenvalue weighted by Gasteiger charge is 2.17. The van der Waals surface area contributed by atoms with Crippen molar-refractivity contribution >= 4 is 27.5 Å². The van der Waals surface area contributed by atoms with E-state index < -0.39 is 5.97 Å². The number of hydrogen-bond acceptors (Lipinski definition) is 6. The van der Waals surface area contributed by atoms with Crippen LogP contribution < -0.4 is 15.0 Å². The van der Waals surface area contributed by atoms with Crippen LogP contribution in [0.4, 0.5) is 0 Å². The predicted octanol–water partition coefficient (Wildman–Crippen LogP) is 3.57. The van der Waals surface area contributed by atoms with Gasteiger partial charge in [-0.15, -0.1) is 11.3 Å². The lowest BCUT2D eigenvalue weighted by Gasteiger charge is -2.14. The molecule has 0 amide bonds. The summed E-state index contributed by atoms with van der Waals surface area (Å²) in [6, 6.07) is 7.23. The number of methoxy groups -OCH3 is 2. The van der Waals surface area contributed by atoms with Crippen molar-refractivity contribution in [2.45, 2.75) is 32.7 Å². The number of carboxylic acids is 1. The van der Waals surface area contributed by atoms with E-state index in [9.17, 15) is 9.59 Å². The molecule has 0 radical (unpaired) electrons. The highest BCUT2D eigenvalue weighted by molar-refractivity contribution is 7.18. The fourth-order valence-electron chi connectivity index (χ4n) is 3.03. The van der Waals surface area contributed by atoms with Crippen LogP contribution in [0.3, 0.4) is 0 Å². The van der Waals surface area contributed by atoms with E-state index in [1.165, 1.54) is 11.3 Å². The van der Waals surface area contributed by atoms with Gasteiger partial charge in [-0.3, -0.25) is 14.2 Å². The Morgan fingerprint density at radius 2 is 1.96 bits per heavy atom. The second-order valence-corrected chi connectivity index (χ2v) is 7.36. The van der Waals surface area contributed by atoms with Crippen LogP contribution in [0.2, 0.25) is 0 Å². The molecule has 0 fully saturated rings. The zero-order valence-corrected chi connectivity index (χ0v) is 16.8. The van der Waals surface area contributed by atoms with Gasteiger partial charge in [0.15, 0.2) is 11.5 Å². The van der Waals surface area contributed by atoms with Crippen LogP contribution in [0.1, 0.15) is 24.6 Å². The van der Waals surface area contributed by atoms with Gasteiger partial charge in [0.05, 0.1) is 19.6 Å². The number of carboxylic acid groups (broad SMARTS) is 1. The number of benzene rings is 1. The zero-order chi connectivity index (χ0) is 20.3. The second kappa shape index (κ2) is 8.43. The number of fused-ring (bicyclic) bond motifs is 1. The Labute approximate surface area is 166 Å². The van der Waals surface area contributed by atoms with Crippen LogP contribution in [0, 0.1) is 0 Å². The Bertz CT molecular complexity index is 1070. The van der Waals surface area contributed by atoms with E-state index in [1.807, 2.05) is 19.1 Å². The number of aromatic nitrogens is 2. The van der Waals surface area contributed by atoms with Crippen LogP contribution in [0.25, 0.3) is 21.6 Å². The summed E-state index contributed by atoms with van der Waals surface area (Å²) in [6.45, 7) is 2.31. The lowest BCUT2D eigenvalue weighted by atomic mass is 10.1. The monoisotopic (exact) mass is 402 g/mol. The summed E-state index contributed by atoms with van der Waals surface area (Å²) in [7, 11) is 3.10. The molecule has 0 unspecified atom stereocenters. The average Bonchev–Trinajstić information content (AvgIpc) is 3.12. The summed E-state index contributed by atoms with van der Waals surface area (Å²) < 4.78 is 12.2. The molecule has 148 valence electrons. The highest BCUT2D eigenvalue weighted by atomic mass is 32.1. The maximum atomic E-state index is 13.1. The van der Waals surface area contributed by atoms with Crippen LogP contribution in [-0.4, -0.2) is 34.8 Å². The van der Waals surface area contributed by atoms with Gasteiger partial charge in [-0.05, 0) is 37.1 Å². The number of aryl methyl sites for hydroxylation is 1. The Morgan fingerprint density at radius 1 is 1.21 bits per heavy atom. The fraction of sp³-hybridized carbons (Fsp3) is 0.350. The van der Waals surface area contributed by atoms with E-state index in [4.69, 9.17) is 19.6 Å². The van der Waals surface area contributed by atoms with Crippen LogP contribution in [-0.2, 0) is 17.8 Å². The van der Waals surface area contributed by atoms with E-state index in [0.717, 1.165) is 11.3 Å². The quantitative estimate of drug-likeness (QED) is 0.619. The highest BCUT2D eigenvalue weighted by Crippen LogP contribution is 2.32. The topological polar surface area (TPSA) is 90.7 Å². The number of thiophene rings is 1. The van der Waals surface area contributed by atoms with Crippen molar-refractivity contribution in [2.24, 2.45) is 0 Å². The largest absolute Gasteiger partial charge is 0.493 e. The van der Waals surface area contributed by atoms with Crippen molar-refractivity contribution in [1.29, 1.82) is 0 Å². The van der Waals surface area contributed by atoms with Gasteiger partial charge < -0.3 is 14.6 Å². The first kappa shape index (κ1) is 19.9. The van der Waals surface area contributed by atoms with Crippen LogP contribution >= 0.6 is 11.3 Å². The molecule has 0 aliphatic heterocycles. The first-order valence-corrected chi connectivity index (χ1v) is 9.77. The molecule has 0 aliphatic carbocycles. The fourth-order valence-corrected chi connectivity index (χ4v) is 3.99. The molecule has 0 aliphatic rings. The van der Waals surface area contributed by atoms with Gasteiger partial charge in [0.1, 0.15) is 10.7 Å². The molecule has 0 bridgehead atoms. The molecular formula is C20H22N2O5S. The minimum Gasteiger partial charge on any atom is -0.493 e. The maximum Gasteiger partial charge on any atom is 0.303 e. The molecule has 3 rings (SSSR count). The summed E-state index contributed by atoms with van der Waals surface area (Å²) in [4.78, 5) is 30.5. The zero-order valence-electron chi connectivity index (χ0n) is 16.0. The smallest absolute Gasteiger partial charge is 0.303 e. The van der Waals surface area contributed by atoms with Crippen molar-refractivity contribution in [3.8, 4) is 22.9 Å². The van der Waals surface area contributed by atoms with Gasteiger partial charge in [-0.1, -0.05) is 6.92 Å². The summed E-state index contributed by atoms with van der Waals surface area (Å²) in [5.74, 6) is 0.718. The van der Waals surface area contributed by atoms with Crippen molar-refractivity contribution < 1.29 is 19.4 Å². The molecule has 2 aromatic heterocycles. The molecule has 3 aromatic rings. The Kier molecular flexibility index (Phi) is 5.99. The summed E-state index contributed by atoms with van der Waals surface area (Å²) >= 11 is 1.50. The Balaban J connectivity index is 2.18. The Hall–Kier alpha value is -2.87. The van der Waals surface area contributed by atoms with Gasteiger partial charge in [0.25, 0.3) is 5.56 Å². The van der Waals surface area contributed by atoms with E-state index in [0.29, 0.717) is 39.5 Å². The molecule has 7 nitrogen and oxygen atoms in total. The molecule has 2 heterocycles. The molecule has 0 spiro atoms. The average molecular weight is 402 g/mol. The number of aliphatic carboxylic acids is 1. The van der Waals surface area contributed by atoms with E-state index in [-0.39, 0.29) is 18.5 Å². The molecule has 0 saturated carbocycles. The lowest BCUT2D eigenvalue weighted by molar-refractivity contribution is -0.137. The van der Waals surface area contributed by atoms with Gasteiger partial charge in [-0.2, -0.15) is 0 Å². The van der Waals surface area contributed by atoms with Gasteiger partial charge in [-0.25, -0.2) is 4.98 Å². The van der Waals surface area contributed by atoms with Crippen molar-refractivity contribution in [2.75, 3.05) is 14.2 Å². The standard InChI is InChI=1S/C20H22N2O5S/c1-4-13-11-14-19(28-13)21-18(22(20(14)25)9-5-6-17(23)24)12-7-8-15(26-2)16(10-12)27-3/h7-8,10-11H,4-6,9H2,1-3H3,(H,23,24). The number of ether oxygens (including phenoxy) is 2. The minimum absolute atomic E-state index is 0.0142. The van der Waals surface area contributed by atoms with Crippen LogP contribution in [0.5, 0.6) is 11.5 Å². The van der Waals surface area contributed by atoms with Gasteiger partial charge in [0, 0.05) is 23.4 Å². The SMILES string of the molecule is CCc1cc2c(=O)n(CCCC(=O)O)c(-c3ccc(OC)c(OC)c3)nc2s1. The molecule has 0 atom stereocenters. The first-order chi connectivity index (χ1) is 13.5. The van der Waals surface area contributed by atoms with E-state index >= 15 is 0 Å². The molecule has 1 N–H and O–H groups in total. The number of carbonyl (C=O) groups is 1. The molecule has 0 saturated heterocycles. The molecule has 1 aromatic carbocycles. The number of rotatable bonds is 8. The third-order valence-electron chi connectivity index (χ3n) is 4.46. The summed E-state index contributed by atoms with van der Waals surface area (Å²) in [6.07, 6.45) is 1.15. The van der Waals surface area contributed by atoms with E-state index in [2.05, 4.69) is 0 Å². The van der Waals surface area contributed by atoms with Gasteiger partial charge >= 0.3 is 5.97 Å². The minimum atomic E-state index is -0.890. The third kappa shape index (κ3) is 3.87. The normalized spacial score (nSPS) is 11.0. The first-order valence-electron chi connectivity index (χ1n) is 8.96. The van der Waals surface area contributed by atoms with E-state index in [1.54, 1.807) is 30.9 Å². The molecule has 28 heavy (non-hydrogen) atoms. The third-order valence-corrected chi connectivity index (χ3v) is 5.64. The summed E-state index contributed by atoms with van der Waals surface area (Å²) in [5, 5.41) is 9.52. The lowest BCUT2D eigenvalue weighted by Crippen LogP contribution is -2.23. The molecular weight excluding hydrogens is 380 g/mol. The Morgan fingerprint density at radius 3 is 2.61 bits per heavy atom. The number of hydrogen-bond donors (Lipinski definition) is 1. The van der Waals surface area contributed by atoms with Crippen LogP contribution in [0.15, 0.2) is 29.1 Å². The van der Waals surface area contributed by atoms with Gasteiger partial charge in [0.2, 0.25) is 0 Å². The number of nitrogens with zero attached hydrogens (tertiary/aromatic N) is 2. The van der Waals surface area contributed by atoms with Crippen molar-refractivity contribution in [3.63, 3.8) is 0 Å². The predicted molar refractivity (Wildman–Crippen MR) is 109 cm³/mol. The van der Waals surface area contributed by atoms with Crippen molar-refractivity contribution in [1.82, 2.24) is 9.55 Å².